The Morgan fingerprint density at radius 2 is 2.00 bits per heavy atom. The molecule has 1 aliphatic heterocycles. The molecule has 2 fully saturated rings. The Morgan fingerprint density at radius 1 is 1.28 bits per heavy atom. The Balaban J connectivity index is 1.94. The molecule has 1 N–H and O–H groups in total. The number of carboxylic acid groups (broad SMARTS) is 1. The van der Waals surface area contributed by atoms with Crippen LogP contribution in [-0.2, 0) is 4.79 Å². The first-order valence-electron chi connectivity index (χ1n) is 7.38. The summed E-state index contributed by atoms with van der Waals surface area (Å²) in [6, 6.07) is 0.929. The maximum absolute atomic E-state index is 11.3. The minimum atomic E-state index is -0.594. The number of hydrogen-bond donors (Lipinski definition) is 1. The quantitative estimate of drug-likeness (QED) is 0.810. The normalized spacial score (nSPS) is 33.4. The van der Waals surface area contributed by atoms with Gasteiger partial charge in [-0.25, -0.2) is 0 Å². The molecule has 1 heterocycles. The monoisotopic (exact) mass is 254 g/mol. The molecule has 2 rings (SSSR count). The number of likely N-dealkylation sites (tertiary alicyclic amines) is 1. The van der Waals surface area contributed by atoms with Crippen LogP contribution >= 0.6 is 0 Å². The summed E-state index contributed by atoms with van der Waals surface area (Å²) >= 11 is 0. The van der Waals surface area contributed by atoms with Gasteiger partial charge in [0.2, 0.25) is 0 Å². The molecule has 0 aromatic carbocycles. The van der Waals surface area contributed by atoms with Crippen molar-refractivity contribution >= 4 is 5.97 Å². The summed E-state index contributed by atoms with van der Waals surface area (Å²) in [5.41, 5.74) is 0. The van der Waals surface area contributed by atoms with Crippen molar-refractivity contribution in [3.05, 3.63) is 0 Å². The van der Waals surface area contributed by atoms with Gasteiger partial charge in [0.05, 0.1) is 5.92 Å². The van der Waals surface area contributed by atoms with Crippen molar-refractivity contribution in [1.29, 1.82) is 0 Å². The van der Waals surface area contributed by atoms with E-state index >= 15 is 0 Å². The molecule has 0 aromatic rings. The fourth-order valence-corrected chi connectivity index (χ4v) is 3.77. The number of carboxylic acids is 1. The van der Waals surface area contributed by atoms with Gasteiger partial charge in [-0.1, -0.05) is 20.3 Å². The van der Waals surface area contributed by atoms with Crippen LogP contribution in [0.15, 0.2) is 0 Å². The van der Waals surface area contributed by atoms with E-state index in [4.69, 9.17) is 0 Å². The predicted molar refractivity (Wildman–Crippen MR) is 71.7 cm³/mol. The molecule has 1 saturated heterocycles. The molecule has 4 nitrogen and oxygen atoms in total. The second-order valence-corrected chi connectivity index (χ2v) is 5.60. The first-order chi connectivity index (χ1) is 8.67. The molecule has 3 unspecified atom stereocenters. The number of nitrogens with zero attached hydrogens (tertiary/aromatic N) is 2. The van der Waals surface area contributed by atoms with Gasteiger partial charge in [-0.05, 0) is 32.4 Å². The van der Waals surface area contributed by atoms with Crippen molar-refractivity contribution in [3.8, 4) is 0 Å². The maximum atomic E-state index is 11.3. The largest absolute Gasteiger partial charge is 0.481 e. The van der Waals surface area contributed by atoms with Crippen LogP contribution in [0.2, 0.25) is 0 Å². The summed E-state index contributed by atoms with van der Waals surface area (Å²) in [6.45, 7) is 8.76. The van der Waals surface area contributed by atoms with Gasteiger partial charge >= 0.3 is 5.97 Å². The molecule has 2 aliphatic rings. The summed E-state index contributed by atoms with van der Waals surface area (Å²) in [4.78, 5) is 16.2. The fraction of sp³-hybridized carbons (Fsp3) is 0.929. The third kappa shape index (κ3) is 2.69. The Bertz CT molecular complexity index is 292. The highest BCUT2D eigenvalue weighted by atomic mass is 16.4. The predicted octanol–water partition coefficient (Wildman–Crippen LogP) is 1.66. The van der Waals surface area contributed by atoms with Gasteiger partial charge in [-0.15, -0.1) is 0 Å². The zero-order valence-corrected chi connectivity index (χ0v) is 11.6. The lowest BCUT2D eigenvalue weighted by molar-refractivity contribution is -0.143. The molecular formula is C14H26N2O2. The molecule has 1 aliphatic carbocycles. The SMILES string of the molecule is CCN(CC)C1CCN(C2CCCC2C(=O)O)C1. The van der Waals surface area contributed by atoms with E-state index in [0.29, 0.717) is 12.1 Å². The van der Waals surface area contributed by atoms with Crippen molar-refractivity contribution < 1.29 is 9.90 Å². The van der Waals surface area contributed by atoms with Crippen LogP contribution in [0.3, 0.4) is 0 Å². The summed E-state index contributed by atoms with van der Waals surface area (Å²) in [5, 5.41) is 9.27. The standard InChI is InChI=1S/C14H26N2O2/c1-3-15(4-2)11-8-9-16(10-11)13-7-5-6-12(13)14(17)18/h11-13H,3-10H2,1-2H3,(H,17,18). The first-order valence-corrected chi connectivity index (χ1v) is 7.38. The molecule has 104 valence electrons. The van der Waals surface area contributed by atoms with E-state index < -0.39 is 5.97 Å². The van der Waals surface area contributed by atoms with Crippen LogP contribution in [0.25, 0.3) is 0 Å². The number of rotatable bonds is 5. The second-order valence-electron chi connectivity index (χ2n) is 5.60. The van der Waals surface area contributed by atoms with Crippen molar-refractivity contribution in [3.63, 3.8) is 0 Å². The molecule has 0 bridgehead atoms. The van der Waals surface area contributed by atoms with Gasteiger partial charge in [-0.2, -0.15) is 0 Å². The van der Waals surface area contributed by atoms with Crippen molar-refractivity contribution in [2.45, 2.75) is 51.6 Å². The number of likely N-dealkylation sites (N-methyl/N-ethyl adjacent to an activating group) is 1. The van der Waals surface area contributed by atoms with Crippen LogP contribution in [0.5, 0.6) is 0 Å². The molecule has 18 heavy (non-hydrogen) atoms. The number of aliphatic carboxylic acids is 1. The van der Waals surface area contributed by atoms with E-state index in [2.05, 4.69) is 23.6 Å². The van der Waals surface area contributed by atoms with Gasteiger partial charge in [0.1, 0.15) is 0 Å². The van der Waals surface area contributed by atoms with E-state index in [0.717, 1.165) is 45.4 Å². The lowest BCUT2D eigenvalue weighted by Crippen LogP contribution is -2.42. The third-order valence-corrected chi connectivity index (χ3v) is 4.79. The summed E-state index contributed by atoms with van der Waals surface area (Å²) < 4.78 is 0. The summed E-state index contributed by atoms with van der Waals surface area (Å²) in [5.74, 6) is -0.718. The zero-order chi connectivity index (χ0) is 13.1. The lowest BCUT2D eigenvalue weighted by Gasteiger charge is -2.30. The molecule has 1 saturated carbocycles. The van der Waals surface area contributed by atoms with Crippen LogP contribution < -0.4 is 0 Å². The van der Waals surface area contributed by atoms with Crippen LogP contribution in [-0.4, -0.2) is 59.1 Å². The minimum Gasteiger partial charge on any atom is -0.481 e. The Kier molecular flexibility index (Phi) is 4.62. The van der Waals surface area contributed by atoms with Crippen molar-refractivity contribution in [2.24, 2.45) is 5.92 Å². The van der Waals surface area contributed by atoms with E-state index in [-0.39, 0.29) is 5.92 Å². The van der Waals surface area contributed by atoms with Crippen LogP contribution in [0.1, 0.15) is 39.5 Å². The highest BCUT2D eigenvalue weighted by Gasteiger charge is 2.40. The zero-order valence-electron chi connectivity index (χ0n) is 11.6. The van der Waals surface area contributed by atoms with E-state index in [9.17, 15) is 9.90 Å². The third-order valence-electron chi connectivity index (χ3n) is 4.79. The second kappa shape index (κ2) is 6.02. The van der Waals surface area contributed by atoms with Gasteiger partial charge in [0.15, 0.2) is 0 Å². The topological polar surface area (TPSA) is 43.8 Å². The highest BCUT2D eigenvalue weighted by molar-refractivity contribution is 5.71. The van der Waals surface area contributed by atoms with E-state index in [1.807, 2.05) is 0 Å². The Morgan fingerprint density at radius 3 is 2.61 bits per heavy atom. The maximum Gasteiger partial charge on any atom is 0.308 e. The van der Waals surface area contributed by atoms with Gasteiger partial charge in [-0.3, -0.25) is 14.6 Å². The molecule has 0 amide bonds. The van der Waals surface area contributed by atoms with Crippen LogP contribution in [0, 0.1) is 5.92 Å². The number of carbonyl (C=O) groups is 1. The Hall–Kier alpha value is -0.610. The smallest absolute Gasteiger partial charge is 0.308 e. The molecule has 0 spiro atoms. The minimum absolute atomic E-state index is 0.125. The van der Waals surface area contributed by atoms with E-state index in [1.165, 1.54) is 6.42 Å². The molecule has 4 heteroatoms. The van der Waals surface area contributed by atoms with Gasteiger partial charge in [0.25, 0.3) is 0 Å². The average molecular weight is 254 g/mol. The summed E-state index contributed by atoms with van der Waals surface area (Å²) in [6.07, 6.45) is 4.22. The Labute approximate surface area is 110 Å². The fourth-order valence-electron chi connectivity index (χ4n) is 3.77. The molecule has 0 radical (unpaired) electrons. The summed E-state index contributed by atoms with van der Waals surface area (Å²) in [7, 11) is 0. The van der Waals surface area contributed by atoms with Crippen molar-refractivity contribution in [2.75, 3.05) is 26.2 Å². The van der Waals surface area contributed by atoms with Gasteiger partial charge < -0.3 is 5.11 Å². The lowest BCUT2D eigenvalue weighted by atomic mass is 10.0. The number of hydrogen-bond acceptors (Lipinski definition) is 3. The molecule has 3 atom stereocenters. The van der Waals surface area contributed by atoms with Gasteiger partial charge in [0, 0.05) is 25.2 Å². The molecular weight excluding hydrogens is 228 g/mol. The first kappa shape index (κ1) is 13.8. The van der Waals surface area contributed by atoms with Crippen molar-refractivity contribution in [1.82, 2.24) is 9.80 Å². The molecule has 0 aromatic heterocycles. The average Bonchev–Trinajstić information content (AvgIpc) is 2.98. The highest BCUT2D eigenvalue weighted by Crippen LogP contribution is 2.33. The van der Waals surface area contributed by atoms with Crippen LogP contribution in [0.4, 0.5) is 0 Å². The van der Waals surface area contributed by atoms with E-state index in [1.54, 1.807) is 0 Å².